The molecular formula is C16H23N3O2. The predicted molar refractivity (Wildman–Crippen MR) is 83.1 cm³/mol. The summed E-state index contributed by atoms with van der Waals surface area (Å²) >= 11 is 0. The Morgan fingerprint density at radius 3 is 2.71 bits per heavy atom. The Bertz CT molecular complexity index is 488. The number of rotatable bonds is 6. The van der Waals surface area contributed by atoms with E-state index in [0.29, 0.717) is 19.5 Å². The van der Waals surface area contributed by atoms with E-state index in [0.717, 1.165) is 18.7 Å². The molecule has 2 rings (SSSR count). The molecule has 1 heterocycles. The van der Waals surface area contributed by atoms with E-state index in [4.69, 9.17) is 0 Å². The first kappa shape index (κ1) is 15.5. The quantitative estimate of drug-likeness (QED) is 0.798. The minimum Gasteiger partial charge on any atom is -0.356 e. The fraction of sp³-hybridized carbons (Fsp3) is 0.500. The first-order valence-corrected chi connectivity index (χ1v) is 7.36. The summed E-state index contributed by atoms with van der Waals surface area (Å²) in [5.41, 5.74) is 0.866. The molecule has 1 atom stereocenters. The van der Waals surface area contributed by atoms with Gasteiger partial charge >= 0.3 is 0 Å². The minimum absolute atomic E-state index is 0.0134. The molecule has 0 bridgehead atoms. The summed E-state index contributed by atoms with van der Waals surface area (Å²) in [6.45, 7) is 2.08. The van der Waals surface area contributed by atoms with Crippen LogP contribution < -0.4 is 10.2 Å². The van der Waals surface area contributed by atoms with Crippen LogP contribution in [0, 0.1) is 5.92 Å². The second-order valence-corrected chi connectivity index (χ2v) is 5.69. The zero-order chi connectivity index (χ0) is 15.2. The molecule has 5 nitrogen and oxygen atoms in total. The number of nitrogens with one attached hydrogen (secondary N) is 1. The first-order valence-electron chi connectivity index (χ1n) is 7.36. The van der Waals surface area contributed by atoms with Crippen LogP contribution in [0.25, 0.3) is 0 Å². The third kappa shape index (κ3) is 4.29. The lowest BCUT2D eigenvalue weighted by molar-refractivity contribution is -0.126. The van der Waals surface area contributed by atoms with Gasteiger partial charge in [-0.15, -0.1) is 0 Å². The molecule has 5 heteroatoms. The Labute approximate surface area is 125 Å². The molecule has 1 aliphatic heterocycles. The summed E-state index contributed by atoms with van der Waals surface area (Å²) < 4.78 is 0. The molecule has 1 unspecified atom stereocenters. The van der Waals surface area contributed by atoms with E-state index < -0.39 is 0 Å². The molecule has 1 aromatic rings. The molecule has 2 amide bonds. The molecule has 1 fully saturated rings. The van der Waals surface area contributed by atoms with E-state index in [1.165, 1.54) is 0 Å². The molecule has 0 aromatic heterocycles. The van der Waals surface area contributed by atoms with Gasteiger partial charge in [-0.05, 0) is 39.2 Å². The average molecular weight is 289 g/mol. The largest absolute Gasteiger partial charge is 0.356 e. The fourth-order valence-corrected chi connectivity index (χ4v) is 2.49. The van der Waals surface area contributed by atoms with Crippen molar-refractivity contribution in [3.8, 4) is 0 Å². The van der Waals surface area contributed by atoms with E-state index in [2.05, 4.69) is 10.2 Å². The van der Waals surface area contributed by atoms with Gasteiger partial charge in [-0.1, -0.05) is 18.2 Å². The van der Waals surface area contributed by atoms with Crippen molar-refractivity contribution in [2.75, 3.05) is 38.6 Å². The van der Waals surface area contributed by atoms with Crippen molar-refractivity contribution in [3.05, 3.63) is 30.3 Å². The predicted octanol–water partition coefficient (Wildman–Crippen LogP) is 1.11. The molecule has 0 aliphatic carbocycles. The number of para-hydroxylation sites is 1. The molecule has 1 N–H and O–H groups in total. The molecule has 0 saturated carbocycles. The van der Waals surface area contributed by atoms with Crippen LogP contribution in [0.15, 0.2) is 30.3 Å². The maximum Gasteiger partial charge on any atom is 0.227 e. The highest BCUT2D eigenvalue weighted by Crippen LogP contribution is 2.24. The SMILES string of the molecule is CN(C)CCCNC(=O)C1CC(=O)N(c2ccccc2)C1. The van der Waals surface area contributed by atoms with Gasteiger partial charge < -0.3 is 15.1 Å². The second kappa shape index (κ2) is 7.22. The van der Waals surface area contributed by atoms with Gasteiger partial charge in [0.2, 0.25) is 11.8 Å². The highest BCUT2D eigenvalue weighted by molar-refractivity contribution is 6.00. The van der Waals surface area contributed by atoms with Crippen LogP contribution in [0.2, 0.25) is 0 Å². The van der Waals surface area contributed by atoms with E-state index in [1.54, 1.807) is 4.90 Å². The van der Waals surface area contributed by atoms with Gasteiger partial charge in [-0.3, -0.25) is 9.59 Å². The third-order valence-corrected chi connectivity index (χ3v) is 3.65. The highest BCUT2D eigenvalue weighted by atomic mass is 16.2. The summed E-state index contributed by atoms with van der Waals surface area (Å²) in [6, 6.07) is 9.51. The van der Waals surface area contributed by atoms with Gasteiger partial charge in [0.15, 0.2) is 0 Å². The van der Waals surface area contributed by atoms with Gasteiger partial charge in [0.1, 0.15) is 0 Å². The van der Waals surface area contributed by atoms with Crippen LogP contribution >= 0.6 is 0 Å². The standard InChI is InChI=1S/C16H23N3O2/c1-18(2)10-6-9-17-16(21)13-11-15(20)19(12-13)14-7-4-3-5-8-14/h3-5,7-8,13H,6,9-12H2,1-2H3,(H,17,21). The number of carbonyl (C=O) groups excluding carboxylic acids is 2. The fourth-order valence-electron chi connectivity index (χ4n) is 2.49. The molecular weight excluding hydrogens is 266 g/mol. The number of anilines is 1. The topological polar surface area (TPSA) is 52.7 Å². The number of amides is 2. The molecule has 114 valence electrons. The van der Waals surface area contributed by atoms with Gasteiger partial charge in [-0.2, -0.15) is 0 Å². The summed E-state index contributed by atoms with van der Waals surface area (Å²) in [7, 11) is 4.02. The van der Waals surface area contributed by atoms with Gasteiger partial charge in [0.25, 0.3) is 0 Å². The van der Waals surface area contributed by atoms with Crippen LogP contribution in [0.4, 0.5) is 5.69 Å². The van der Waals surface area contributed by atoms with Crippen molar-refractivity contribution in [2.24, 2.45) is 5.92 Å². The van der Waals surface area contributed by atoms with Crippen LogP contribution in [-0.2, 0) is 9.59 Å². The van der Waals surface area contributed by atoms with Crippen molar-refractivity contribution in [2.45, 2.75) is 12.8 Å². The normalized spacial score (nSPS) is 18.3. The smallest absolute Gasteiger partial charge is 0.227 e. The Balaban J connectivity index is 1.83. The number of hydrogen-bond acceptors (Lipinski definition) is 3. The zero-order valence-corrected chi connectivity index (χ0v) is 12.7. The Morgan fingerprint density at radius 2 is 2.05 bits per heavy atom. The minimum atomic E-state index is -0.239. The number of hydrogen-bond donors (Lipinski definition) is 1. The Morgan fingerprint density at radius 1 is 1.33 bits per heavy atom. The zero-order valence-electron chi connectivity index (χ0n) is 12.7. The van der Waals surface area contributed by atoms with E-state index in [-0.39, 0.29) is 17.7 Å². The molecule has 0 spiro atoms. The first-order chi connectivity index (χ1) is 10.1. The number of benzene rings is 1. The monoisotopic (exact) mass is 289 g/mol. The van der Waals surface area contributed by atoms with E-state index in [1.807, 2.05) is 44.4 Å². The number of nitrogens with zero attached hydrogens (tertiary/aromatic N) is 2. The van der Waals surface area contributed by atoms with Crippen molar-refractivity contribution >= 4 is 17.5 Å². The molecule has 21 heavy (non-hydrogen) atoms. The van der Waals surface area contributed by atoms with Crippen molar-refractivity contribution < 1.29 is 9.59 Å². The lowest BCUT2D eigenvalue weighted by atomic mass is 10.1. The molecule has 1 saturated heterocycles. The summed E-state index contributed by atoms with van der Waals surface area (Å²) in [5.74, 6) is -0.229. The number of carbonyl (C=O) groups is 2. The van der Waals surface area contributed by atoms with Crippen LogP contribution in [-0.4, -0.2) is 50.4 Å². The molecule has 1 aromatic carbocycles. The third-order valence-electron chi connectivity index (χ3n) is 3.65. The van der Waals surface area contributed by atoms with Crippen molar-refractivity contribution in [1.82, 2.24) is 10.2 Å². The molecule has 0 radical (unpaired) electrons. The van der Waals surface area contributed by atoms with E-state index >= 15 is 0 Å². The van der Waals surface area contributed by atoms with Gasteiger partial charge in [-0.25, -0.2) is 0 Å². The average Bonchev–Trinajstić information content (AvgIpc) is 2.86. The maximum atomic E-state index is 12.1. The van der Waals surface area contributed by atoms with Crippen molar-refractivity contribution in [3.63, 3.8) is 0 Å². The summed E-state index contributed by atoms with van der Waals surface area (Å²) in [4.78, 5) is 27.9. The van der Waals surface area contributed by atoms with E-state index in [9.17, 15) is 9.59 Å². The Hall–Kier alpha value is -1.88. The maximum absolute atomic E-state index is 12.1. The summed E-state index contributed by atoms with van der Waals surface area (Å²) in [6.07, 6.45) is 1.22. The Kier molecular flexibility index (Phi) is 5.33. The summed E-state index contributed by atoms with van der Waals surface area (Å²) in [5, 5.41) is 2.93. The molecule has 1 aliphatic rings. The van der Waals surface area contributed by atoms with Gasteiger partial charge in [0.05, 0.1) is 5.92 Å². The van der Waals surface area contributed by atoms with Crippen LogP contribution in [0.5, 0.6) is 0 Å². The van der Waals surface area contributed by atoms with Crippen LogP contribution in [0.3, 0.4) is 0 Å². The second-order valence-electron chi connectivity index (χ2n) is 5.69. The van der Waals surface area contributed by atoms with Gasteiger partial charge in [0, 0.05) is 25.2 Å². The lowest BCUT2D eigenvalue weighted by Gasteiger charge is -2.16. The lowest BCUT2D eigenvalue weighted by Crippen LogP contribution is -2.34. The van der Waals surface area contributed by atoms with Crippen molar-refractivity contribution in [1.29, 1.82) is 0 Å². The highest BCUT2D eigenvalue weighted by Gasteiger charge is 2.34. The van der Waals surface area contributed by atoms with Crippen LogP contribution in [0.1, 0.15) is 12.8 Å².